The van der Waals surface area contributed by atoms with E-state index in [1.165, 1.54) is 4.90 Å². The third-order valence-electron chi connectivity index (χ3n) is 4.97. The van der Waals surface area contributed by atoms with Crippen LogP contribution in [0.3, 0.4) is 0 Å². The molecule has 2 heterocycles. The van der Waals surface area contributed by atoms with Gasteiger partial charge in [0, 0.05) is 38.5 Å². The lowest BCUT2D eigenvalue weighted by Gasteiger charge is -2.41. The molecule has 0 saturated carbocycles. The van der Waals surface area contributed by atoms with Crippen LogP contribution in [0.5, 0.6) is 0 Å². The number of carbonyl (C=O) groups is 2. The average Bonchev–Trinajstić information content (AvgIpc) is 2.67. The number of carbonyl (C=O) groups excluding carboxylic acids is 2. The Hall–Kier alpha value is -1.89. The molecule has 3 rings (SSSR count). The van der Waals surface area contributed by atoms with E-state index in [1.54, 1.807) is 18.0 Å². The highest BCUT2D eigenvalue weighted by atomic mass is 32.2. The number of likely N-dealkylation sites (tertiary alicyclic amines) is 1. The molecule has 2 aliphatic heterocycles. The van der Waals surface area contributed by atoms with Gasteiger partial charge in [-0.1, -0.05) is 17.7 Å². The monoisotopic (exact) mass is 336 g/mol. The average molecular weight is 336 g/mol. The minimum atomic E-state index is -3.49. The molecule has 0 bridgehead atoms. The van der Waals surface area contributed by atoms with Crippen LogP contribution in [0.1, 0.15) is 28.8 Å². The van der Waals surface area contributed by atoms with Crippen LogP contribution in [0.15, 0.2) is 24.3 Å². The second-order valence-electron chi connectivity index (χ2n) is 6.32. The minimum absolute atomic E-state index is 0.0899. The van der Waals surface area contributed by atoms with Crippen molar-refractivity contribution in [3.8, 4) is 0 Å². The zero-order chi connectivity index (χ0) is 16.8. The van der Waals surface area contributed by atoms with Crippen LogP contribution in [-0.2, 0) is 14.6 Å². The smallest absolute Gasteiger partial charge is 0.253 e. The first-order valence-corrected chi connectivity index (χ1v) is 9.27. The van der Waals surface area contributed by atoms with Crippen LogP contribution in [0.2, 0.25) is 0 Å². The molecule has 124 valence electrons. The second kappa shape index (κ2) is 5.33. The zero-order valence-electron chi connectivity index (χ0n) is 13.3. The van der Waals surface area contributed by atoms with Gasteiger partial charge in [-0.25, -0.2) is 8.42 Å². The van der Waals surface area contributed by atoms with E-state index >= 15 is 0 Å². The summed E-state index contributed by atoms with van der Waals surface area (Å²) in [7, 11) is -1.94. The Morgan fingerprint density at radius 2 is 1.87 bits per heavy atom. The first-order valence-electron chi connectivity index (χ1n) is 7.62. The summed E-state index contributed by atoms with van der Waals surface area (Å²) in [5.41, 5.74) is 1.62. The van der Waals surface area contributed by atoms with Gasteiger partial charge in [-0.15, -0.1) is 0 Å². The van der Waals surface area contributed by atoms with Crippen LogP contribution >= 0.6 is 0 Å². The molecule has 0 radical (unpaired) electrons. The fraction of sp³-hybridized carbons (Fsp3) is 0.500. The summed E-state index contributed by atoms with van der Waals surface area (Å²) in [5, 5.41) is 0. The molecule has 23 heavy (non-hydrogen) atoms. The van der Waals surface area contributed by atoms with Gasteiger partial charge in [0.1, 0.15) is 10.6 Å². The predicted molar refractivity (Wildman–Crippen MR) is 85.6 cm³/mol. The molecule has 2 fully saturated rings. The molecule has 0 aromatic heterocycles. The molecule has 2 amide bonds. The Labute approximate surface area is 136 Å². The third-order valence-corrected chi connectivity index (χ3v) is 7.44. The molecule has 1 aromatic carbocycles. The van der Waals surface area contributed by atoms with Crippen molar-refractivity contribution in [2.24, 2.45) is 0 Å². The van der Waals surface area contributed by atoms with E-state index in [2.05, 4.69) is 0 Å². The topological polar surface area (TPSA) is 74.8 Å². The summed E-state index contributed by atoms with van der Waals surface area (Å²) in [6.45, 7) is 2.60. The molecule has 1 spiro atoms. The third kappa shape index (κ3) is 2.43. The Morgan fingerprint density at radius 3 is 2.39 bits per heavy atom. The van der Waals surface area contributed by atoms with Crippen molar-refractivity contribution in [1.29, 1.82) is 0 Å². The van der Waals surface area contributed by atoms with E-state index in [0.29, 0.717) is 18.7 Å². The number of sulfone groups is 1. The standard InChI is InChI=1S/C16H20N2O4S/c1-12-4-3-5-13(10-12)15(20)18-8-6-16(7-9-18)17(2)14(19)11-23(16,21)22/h3-5,10H,6-9,11H2,1-2H3. The van der Waals surface area contributed by atoms with Crippen LogP contribution < -0.4 is 0 Å². The fourth-order valence-electron chi connectivity index (χ4n) is 3.50. The maximum absolute atomic E-state index is 12.6. The summed E-state index contributed by atoms with van der Waals surface area (Å²) in [4.78, 5) is 26.3. The number of rotatable bonds is 1. The van der Waals surface area contributed by atoms with Gasteiger partial charge in [-0.05, 0) is 19.1 Å². The fourth-order valence-corrected chi connectivity index (χ4v) is 5.61. The van der Waals surface area contributed by atoms with Crippen molar-refractivity contribution in [2.75, 3.05) is 25.9 Å². The van der Waals surface area contributed by atoms with Crippen LogP contribution in [-0.4, -0.2) is 60.8 Å². The van der Waals surface area contributed by atoms with Crippen LogP contribution in [0, 0.1) is 6.92 Å². The highest BCUT2D eigenvalue weighted by Crippen LogP contribution is 2.38. The zero-order valence-corrected chi connectivity index (χ0v) is 14.1. The van der Waals surface area contributed by atoms with Crippen LogP contribution in [0.4, 0.5) is 0 Å². The van der Waals surface area contributed by atoms with Crippen molar-refractivity contribution in [2.45, 2.75) is 24.6 Å². The minimum Gasteiger partial charge on any atom is -0.338 e. The summed E-state index contributed by atoms with van der Waals surface area (Å²) >= 11 is 0. The number of piperidine rings is 1. The highest BCUT2D eigenvalue weighted by Gasteiger charge is 2.57. The van der Waals surface area contributed by atoms with Crippen LogP contribution in [0.25, 0.3) is 0 Å². The van der Waals surface area contributed by atoms with Gasteiger partial charge in [0.05, 0.1) is 0 Å². The maximum atomic E-state index is 12.6. The predicted octanol–water partition coefficient (Wildman–Crippen LogP) is 0.814. The summed E-state index contributed by atoms with van der Waals surface area (Å²) in [6.07, 6.45) is 0.546. The summed E-state index contributed by atoms with van der Waals surface area (Å²) < 4.78 is 24.8. The number of hydrogen-bond acceptors (Lipinski definition) is 4. The molecule has 6 nitrogen and oxygen atoms in total. The number of hydrogen-bond donors (Lipinski definition) is 0. The van der Waals surface area contributed by atoms with E-state index in [9.17, 15) is 18.0 Å². The summed E-state index contributed by atoms with van der Waals surface area (Å²) in [5.74, 6) is -0.869. The van der Waals surface area contributed by atoms with Gasteiger partial charge in [0.25, 0.3) is 5.91 Å². The molecule has 0 N–H and O–H groups in total. The normalized spacial score (nSPS) is 22.6. The van der Waals surface area contributed by atoms with Gasteiger partial charge in [-0.2, -0.15) is 0 Å². The molecule has 7 heteroatoms. The van der Waals surface area contributed by atoms with Crippen molar-refractivity contribution in [1.82, 2.24) is 9.80 Å². The van der Waals surface area contributed by atoms with Gasteiger partial charge in [-0.3, -0.25) is 9.59 Å². The highest BCUT2D eigenvalue weighted by molar-refractivity contribution is 7.93. The van der Waals surface area contributed by atoms with Gasteiger partial charge in [0.2, 0.25) is 5.91 Å². The van der Waals surface area contributed by atoms with E-state index in [0.717, 1.165) is 5.56 Å². The Balaban J connectivity index is 1.79. The van der Waals surface area contributed by atoms with Crippen molar-refractivity contribution in [3.05, 3.63) is 35.4 Å². The van der Waals surface area contributed by atoms with Gasteiger partial charge < -0.3 is 9.80 Å². The van der Waals surface area contributed by atoms with E-state index < -0.39 is 20.5 Å². The lowest BCUT2D eigenvalue weighted by molar-refractivity contribution is -0.129. The lowest BCUT2D eigenvalue weighted by atomic mass is 10.0. The molecule has 2 aliphatic rings. The first-order chi connectivity index (χ1) is 10.8. The maximum Gasteiger partial charge on any atom is 0.253 e. The number of nitrogens with zero attached hydrogens (tertiary/aromatic N) is 2. The molecular formula is C16H20N2O4S. The van der Waals surface area contributed by atoms with Crippen molar-refractivity contribution < 1.29 is 18.0 Å². The Morgan fingerprint density at radius 1 is 1.22 bits per heavy atom. The molecule has 2 saturated heterocycles. The molecule has 1 aromatic rings. The largest absolute Gasteiger partial charge is 0.338 e. The number of amides is 2. The summed E-state index contributed by atoms with van der Waals surface area (Å²) in [6, 6.07) is 7.35. The van der Waals surface area contributed by atoms with Gasteiger partial charge >= 0.3 is 0 Å². The van der Waals surface area contributed by atoms with Gasteiger partial charge in [0.15, 0.2) is 9.84 Å². The van der Waals surface area contributed by atoms with E-state index in [4.69, 9.17) is 0 Å². The van der Waals surface area contributed by atoms with E-state index in [1.807, 2.05) is 25.1 Å². The molecule has 0 unspecified atom stereocenters. The van der Waals surface area contributed by atoms with E-state index in [-0.39, 0.29) is 24.7 Å². The number of aryl methyl sites for hydroxylation is 1. The first kappa shape index (κ1) is 16.0. The second-order valence-corrected chi connectivity index (χ2v) is 8.60. The number of benzene rings is 1. The van der Waals surface area contributed by atoms with Crippen molar-refractivity contribution in [3.63, 3.8) is 0 Å². The Bertz CT molecular complexity index is 764. The molecule has 0 atom stereocenters. The molecular weight excluding hydrogens is 316 g/mol. The SMILES string of the molecule is Cc1cccc(C(=O)N2CCC3(CC2)N(C)C(=O)CS3(=O)=O)c1. The molecule has 0 aliphatic carbocycles. The van der Waals surface area contributed by atoms with Crippen molar-refractivity contribution >= 4 is 21.7 Å². The lowest BCUT2D eigenvalue weighted by Crippen LogP contribution is -2.55. The quantitative estimate of drug-likeness (QED) is 0.761. The Kier molecular flexibility index (Phi) is 3.71.